The highest BCUT2D eigenvalue weighted by Gasteiger charge is 2.40. The van der Waals surface area contributed by atoms with Crippen molar-refractivity contribution in [1.29, 1.82) is 0 Å². The highest BCUT2D eigenvalue weighted by Crippen LogP contribution is 2.34. The van der Waals surface area contributed by atoms with Crippen molar-refractivity contribution in [2.45, 2.75) is 11.7 Å². The molecule has 3 N–H and O–H groups in total. The normalized spacial score (nSPS) is 17.1. The van der Waals surface area contributed by atoms with Gasteiger partial charge >= 0.3 is 0 Å². The summed E-state index contributed by atoms with van der Waals surface area (Å²) in [6, 6.07) is 21.8. The fraction of sp³-hybridized carbons (Fsp3) is 0.0833. The highest BCUT2D eigenvalue weighted by molar-refractivity contribution is 8.16. The molecule has 3 aromatic rings. The summed E-state index contributed by atoms with van der Waals surface area (Å²) in [5.74, 6) is -0.488. The van der Waals surface area contributed by atoms with E-state index in [9.17, 15) is 19.8 Å². The average molecular weight is 461 g/mol. The van der Waals surface area contributed by atoms with E-state index < -0.39 is 5.25 Å². The molecule has 1 heterocycles. The van der Waals surface area contributed by atoms with Gasteiger partial charge in [0, 0.05) is 17.7 Å². The number of anilines is 2. The maximum atomic E-state index is 13.2. The van der Waals surface area contributed by atoms with Gasteiger partial charge in [0.1, 0.15) is 16.7 Å². The first kappa shape index (κ1) is 22.1. The summed E-state index contributed by atoms with van der Waals surface area (Å²) in [5, 5.41) is 30.1. The van der Waals surface area contributed by atoms with Gasteiger partial charge in [-0.2, -0.15) is 5.10 Å². The first-order chi connectivity index (χ1) is 16.0. The first-order valence-electron chi connectivity index (χ1n) is 10.0. The van der Waals surface area contributed by atoms with Gasteiger partial charge in [0.25, 0.3) is 0 Å². The standard InChI is InChI=1S/C24H20N4O4S/c29-19-12-10-18(11-13-19)28-23(32)21(14-22(31)26-17-7-2-1-3-8-17)33-24(28)27-25-15-16-6-4-5-9-20(16)30/h1-13,15,21,29-30H,14H2,(H,26,31)/b25-15-,27-24+. The molecule has 1 aliphatic heterocycles. The summed E-state index contributed by atoms with van der Waals surface area (Å²) >= 11 is 1.13. The molecule has 0 saturated carbocycles. The van der Waals surface area contributed by atoms with Crippen LogP contribution in [-0.2, 0) is 9.59 Å². The molecular weight excluding hydrogens is 440 g/mol. The van der Waals surface area contributed by atoms with E-state index in [1.807, 2.05) is 18.2 Å². The van der Waals surface area contributed by atoms with Crippen LogP contribution in [0.15, 0.2) is 89.1 Å². The smallest absolute Gasteiger partial charge is 0.247 e. The predicted octanol–water partition coefficient (Wildman–Crippen LogP) is 3.97. The van der Waals surface area contributed by atoms with Gasteiger partial charge in [-0.3, -0.25) is 14.5 Å². The van der Waals surface area contributed by atoms with Crippen molar-refractivity contribution in [3.8, 4) is 11.5 Å². The fourth-order valence-corrected chi connectivity index (χ4v) is 4.23. The lowest BCUT2D eigenvalue weighted by Gasteiger charge is -2.15. The Balaban J connectivity index is 1.56. The number of thioether (sulfide) groups is 1. The average Bonchev–Trinajstić information content (AvgIpc) is 3.11. The van der Waals surface area contributed by atoms with Crippen LogP contribution < -0.4 is 10.2 Å². The summed E-state index contributed by atoms with van der Waals surface area (Å²) in [4.78, 5) is 27.1. The second kappa shape index (κ2) is 10.0. The Morgan fingerprint density at radius 1 is 1.00 bits per heavy atom. The number of phenols is 2. The molecule has 0 spiro atoms. The third-order valence-corrected chi connectivity index (χ3v) is 5.88. The molecule has 0 aromatic heterocycles. The van der Waals surface area contributed by atoms with Crippen molar-refractivity contribution in [2.24, 2.45) is 10.2 Å². The predicted molar refractivity (Wildman–Crippen MR) is 130 cm³/mol. The third-order valence-electron chi connectivity index (χ3n) is 4.75. The molecule has 1 atom stereocenters. The number of para-hydroxylation sites is 2. The molecule has 33 heavy (non-hydrogen) atoms. The number of amides is 2. The highest BCUT2D eigenvalue weighted by atomic mass is 32.2. The minimum absolute atomic E-state index is 0.0464. The van der Waals surface area contributed by atoms with Crippen molar-refractivity contribution in [3.63, 3.8) is 0 Å². The molecule has 1 aliphatic rings. The maximum Gasteiger partial charge on any atom is 0.247 e. The zero-order valence-electron chi connectivity index (χ0n) is 17.3. The minimum atomic E-state index is -0.693. The van der Waals surface area contributed by atoms with E-state index in [2.05, 4.69) is 15.5 Å². The van der Waals surface area contributed by atoms with Crippen molar-refractivity contribution < 1.29 is 19.8 Å². The van der Waals surface area contributed by atoms with Crippen LogP contribution in [0.1, 0.15) is 12.0 Å². The molecule has 1 saturated heterocycles. The number of amidine groups is 1. The number of rotatable bonds is 6. The van der Waals surface area contributed by atoms with Gasteiger partial charge < -0.3 is 15.5 Å². The number of hydrogen-bond donors (Lipinski definition) is 3. The van der Waals surface area contributed by atoms with Gasteiger partial charge in [-0.05, 0) is 48.5 Å². The van der Waals surface area contributed by atoms with Crippen LogP contribution >= 0.6 is 11.8 Å². The van der Waals surface area contributed by atoms with E-state index >= 15 is 0 Å². The molecule has 0 bridgehead atoms. The van der Waals surface area contributed by atoms with E-state index in [1.54, 1.807) is 42.5 Å². The van der Waals surface area contributed by atoms with Crippen LogP contribution in [0.2, 0.25) is 0 Å². The Kier molecular flexibility index (Phi) is 6.70. The van der Waals surface area contributed by atoms with Crippen LogP contribution in [0.4, 0.5) is 11.4 Å². The zero-order valence-corrected chi connectivity index (χ0v) is 18.1. The lowest BCUT2D eigenvalue weighted by Crippen LogP contribution is -2.33. The zero-order chi connectivity index (χ0) is 23.2. The molecule has 0 radical (unpaired) electrons. The molecule has 9 heteroatoms. The van der Waals surface area contributed by atoms with E-state index in [1.165, 1.54) is 29.3 Å². The van der Waals surface area contributed by atoms with Crippen LogP contribution in [0.25, 0.3) is 0 Å². The SMILES string of the molecule is O=C(CC1S/C(=N/N=C\c2ccccc2O)N(c2ccc(O)cc2)C1=O)Nc1ccccc1. The molecular formula is C24H20N4O4S. The summed E-state index contributed by atoms with van der Waals surface area (Å²) in [6.07, 6.45) is 1.34. The van der Waals surface area contributed by atoms with Crippen molar-refractivity contribution in [1.82, 2.24) is 0 Å². The van der Waals surface area contributed by atoms with Gasteiger partial charge in [0.05, 0.1) is 11.9 Å². The molecule has 8 nitrogen and oxygen atoms in total. The second-order valence-electron chi connectivity index (χ2n) is 7.10. The topological polar surface area (TPSA) is 115 Å². The molecule has 4 rings (SSSR count). The van der Waals surface area contributed by atoms with E-state index in [0.717, 1.165) is 11.8 Å². The number of nitrogens with zero attached hydrogens (tertiary/aromatic N) is 3. The number of carbonyl (C=O) groups is 2. The second-order valence-corrected chi connectivity index (χ2v) is 8.27. The van der Waals surface area contributed by atoms with Crippen LogP contribution in [0, 0.1) is 0 Å². The number of aromatic hydroxyl groups is 2. The van der Waals surface area contributed by atoms with Crippen LogP contribution in [0.5, 0.6) is 11.5 Å². The van der Waals surface area contributed by atoms with E-state index in [4.69, 9.17) is 0 Å². The summed E-state index contributed by atoms with van der Waals surface area (Å²) < 4.78 is 0. The molecule has 2 amide bonds. The van der Waals surface area contributed by atoms with Crippen molar-refractivity contribution >= 4 is 46.3 Å². The Bertz CT molecular complexity index is 1210. The quantitative estimate of drug-likeness (QED) is 0.380. The Morgan fingerprint density at radius 3 is 2.42 bits per heavy atom. The van der Waals surface area contributed by atoms with Crippen LogP contribution in [-0.4, -0.2) is 38.7 Å². The molecule has 3 aromatic carbocycles. The van der Waals surface area contributed by atoms with Crippen molar-refractivity contribution in [2.75, 3.05) is 10.2 Å². The fourth-order valence-electron chi connectivity index (χ4n) is 3.14. The summed E-state index contributed by atoms with van der Waals surface area (Å²) in [7, 11) is 0. The van der Waals surface area contributed by atoms with E-state index in [-0.39, 0.29) is 34.9 Å². The van der Waals surface area contributed by atoms with E-state index in [0.29, 0.717) is 16.9 Å². The maximum absolute atomic E-state index is 13.2. The lowest BCUT2D eigenvalue weighted by atomic mass is 10.2. The number of benzene rings is 3. The Morgan fingerprint density at radius 2 is 1.70 bits per heavy atom. The molecule has 1 unspecified atom stereocenters. The monoisotopic (exact) mass is 460 g/mol. The molecule has 1 fully saturated rings. The van der Waals surface area contributed by atoms with Crippen molar-refractivity contribution in [3.05, 3.63) is 84.4 Å². The van der Waals surface area contributed by atoms with Gasteiger partial charge in [0.2, 0.25) is 11.8 Å². The van der Waals surface area contributed by atoms with Gasteiger partial charge in [0.15, 0.2) is 5.17 Å². The first-order valence-corrected chi connectivity index (χ1v) is 10.9. The largest absolute Gasteiger partial charge is 0.508 e. The van der Waals surface area contributed by atoms with Gasteiger partial charge in [-0.15, -0.1) is 5.10 Å². The van der Waals surface area contributed by atoms with Crippen LogP contribution in [0.3, 0.4) is 0 Å². The third kappa shape index (κ3) is 5.39. The summed E-state index contributed by atoms with van der Waals surface area (Å²) in [6.45, 7) is 0. The number of nitrogens with one attached hydrogen (secondary N) is 1. The van der Waals surface area contributed by atoms with Gasteiger partial charge in [-0.1, -0.05) is 42.1 Å². The molecule has 166 valence electrons. The lowest BCUT2D eigenvalue weighted by molar-refractivity contribution is -0.121. The number of carbonyl (C=O) groups excluding carboxylic acids is 2. The number of phenolic OH excluding ortho intramolecular Hbond substituents is 2. The van der Waals surface area contributed by atoms with Gasteiger partial charge in [-0.25, -0.2) is 0 Å². The number of hydrogen-bond acceptors (Lipinski definition) is 7. The summed E-state index contributed by atoms with van der Waals surface area (Å²) in [5.41, 5.74) is 1.62. The Labute approximate surface area is 194 Å². The minimum Gasteiger partial charge on any atom is -0.508 e. The Hall–Kier alpha value is -4.11. The molecule has 0 aliphatic carbocycles.